The summed E-state index contributed by atoms with van der Waals surface area (Å²) < 4.78 is 7.58. The van der Waals surface area contributed by atoms with E-state index in [0.717, 1.165) is 37.4 Å². The van der Waals surface area contributed by atoms with Crippen LogP contribution in [-0.4, -0.2) is 16.2 Å². The van der Waals surface area contributed by atoms with Gasteiger partial charge in [0.25, 0.3) is 0 Å². The van der Waals surface area contributed by atoms with Gasteiger partial charge in [-0.2, -0.15) is 0 Å². The summed E-state index contributed by atoms with van der Waals surface area (Å²) in [6.07, 6.45) is 6.59. The molecular weight excluding hydrogens is 252 g/mol. The standard InChI is InChI=1S/C15H20N4O/c1-19-8-7-17-15(19)5-3-13(18-16)11-2-4-14-12(10-11)6-9-20-14/h2,4,7-8,10,13,18H,3,5-6,9,16H2,1H3. The molecule has 106 valence electrons. The molecule has 20 heavy (non-hydrogen) atoms. The maximum Gasteiger partial charge on any atom is 0.122 e. The van der Waals surface area contributed by atoms with E-state index in [1.807, 2.05) is 30.1 Å². The van der Waals surface area contributed by atoms with E-state index in [1.165, 1.54) is 11.1 Å². The molecule has 1 aliphatic heterocycles. The number of hydrogen-bond donors (Lipinski definition) is 2. The van der Waals surface area contributed by atoms with E-state index in [-0.39, 0.29) is 6.04 Å². The number of benzene rings is 1. The number of rotatable bonds is 5. The van der Waals surface area contributed by atoms with Crippen LogP contribution in [0.1, 0.15) is 29.4 Å². The van der Waals surface area contributed by atoms with Crippen LogP contribution < -0.4 is 16.0 Å². The van der Waals surface area contributed by atoms with Crippen LogP contribution in [-0.2, 0) is 19.9 Å². The van der Waals surface area contributed by atoms with Gasteiger partial charge in [0.15, 0.2) is 0 Å². The molecule has 0 bridgehead atoms. The lowest BCUT2D eigenvalue weighted by atomic mass is 9.99. The van der Waals surface area contributed by atoms with Gasteiger partial charge in [-0.25, -0.2) is 4.98 Å². The molecule has 1 aromatic heterocycles. The average Bonchev–Trinajstić information content (AvgIpc) is 3.08. The third-order valence-corrected chi connectivity index (χ3v) is 3.89. The Bertz CT molecular complexity index is 593. The van der Waals surface area contributed by atoms with E-state index in [4.69, 9.17) is 10.6 Å². The summed E-state index contributed by atoms with van der Waals surface area (Å²) in [7, 11) is 2.01. The molecule has 5 heteroatoms. The number of imidazole rings is 1. The van der Waals surface area contributed by atoms with Gasteiger partial charge in [0.05, 0.1) is 6.61 Å². The first-order chi connectivity index (χ1) is 9.78. The number of ether oxygens (including phenoxy) is 1. The summed E-state index contributed by atoms with van der Waals surface area (Å²) in [5.74, 6) is 7.81. The summed E-state index contributed by atoms with van der Waals surface area (Å²) in [6, 6.07) is 6.47. The molecule has 1 aliphatic rings. The van der Waals surface area contributed by atoms with Crippen LogP contribution >= 0.6 is 0 Å². The Balaban J connectivity index is 1.71. The van der Waals surface area contributed by atoms with Crippen LogP contribution in [0.2, 0.25) is 0 Å². The summed E-state index contributed by atoms with van der Waals surface area (Å²) in [6.45, 7) is 0.785. The van der Waals surface area contributed by atoms with Crippen LogP contribution in [0.25, 0.3) is 0 Å². The number of aryl methyl sites for hydroxylation is 2. The van der Waals surface area contributed by atoms with Gasteiger partial charge in [-0.1, -0.05) is 12.1 Å². The second-order valence-electron chi connectivity index (χ2n) is 5.18. The summed E-state index contributed by atoms with van der Waals surface area (Å²) in [4.78, 5) is 4.35. The molecule has 0 radical (unpaired) electrons. The lowest BCUT2D eigenvalue weighted by molar-refractivity contribution is 0.356. The van der Waals surface area contributed by atoms with E-state index < -0.39 is 0 Å². The molecule has 1 aromatic carbocycles. The van der Waals surface area contributed by atoms with Gasteiger partial charge in [-0.3, -0.25) is 11.3 Å². The maximum absolute atomic E-state index is 5.72. The maximum atomic E-state index is 5.72. The molecule has 0 saturated heterocycles. The minimum Gasteiger partial charge on any atom is -0.493 e. The molecule has 1 unspecified atom stereocenters. The predicted molar refractivity (Wildman–Crippen MR) is 77.2 cm³/mol. The monoisotopic (exact) mass is 272 g/mol. The summed E-state index contributed by atoms with van der Waals surface area (Å²) in [5.41, 5.74) is 5.40. The highest BCUT2D eigenvalue weighted by atomic mass is 16.5. The minimum atomic E-state index is 0.137. The van der Waals surface area contributed by atoms with Crippen molar-refractivity contribution in [3.63, 3.8) is 0 Å². The predicted octanol–water partition coefficient (Wildman–Crippen LogP) is 1.49. The highest BCUT2D eigenvalue weighted by Crippen LogP contribution is 2.29. The van der Waals surface area contributed by atoms with Crippen molar-refractivity contribution in [2.45, 2.75) is 25.3 Å². The van der Waals surface area contributed by atoms with Crippen LogP contribution in [0.4, 0.5) is 0 Å². The first kappa shape index (κ1) is 13.1. The van der Waals surface area contributed by atoms with E-state index in [0.29, 0.717) is 0 Å². The van der Waals surface area contributed by atoms with Crippen molar-refractivity contribution in [2.75, 3.05) is 6.61 Å². The van der Waals surface area contributed by atoms with Gasteiger partial charge < -0.3 is 9.30 Å². The van der Waals surface area contributed by atoms with Crippen LogP contribution in [0, 0.1) is 0 Å². The number of hydrazine groups is 1. The Morgan fingerprint density at radius 1 is 1.50 bits per heavy atom. The number of aromatic nitrogens is 2. The van der Waals surface area contributed by atoms with Gasteiger partial charge in [-0.15, -0.1) is 0 Å². The Hall–Kier alpha value is -1.85. The molecule has 1 atom stereocenters. The van der Waals surface area contributed by atoms with Crippen LogP contribution in [0.5, 0.6) is 5.75 Å². The zero-order chi connectivity index (χ0) is 13.9. The van der Waals surface area contributed by atoms with Crippen LogP contribution in [0.3, 0.4) is 0 Å². The Morgan fingerprint density at radius 3 is 3.15 bits per heavy atom. The fourth-order valence-corrected chi connectivity index (χ4v) is 2.68. The Labute approximate surface area is 118 Å². The lowest BCUT2D eigenvalue weighted by Gasteiger charge is -2.17. The van der Waals surface area contributed by atoms with Gasteiger partial charge >= 0.3 is 0 Å². The number of hydrogen-bond acceptors (Lipinski definition) is 4. The van der Waals surface area contributed by atoms with E-state index in [9.17, 15) is 0 Å². The SMILES string of the molecule is Cn1ccnc1CCC(NN)c1ccc2c(c1)CCO2. The number of nitrogens with zero attached hydrogens (tertiary/aromatic N) is 2. The van der Waals surface area contributed by atoms with Crippen LogP contribution in [0.15, 0.2) is 30.6 Å². The highest BCUT2D eigenvalue weighted by molar-refractivity contribution is 5.40. The molecule has 3 rings (SSSR count). The molecule has 2 aromatic rings. The van der Waals surface area contributed by atoms with Gasteiger partial charge in [-0.05, 0) is 23.6 Å². The zero-order valence-corrected chi connectivity index (χ0v) is 11.7. The second kappa shape index (κ2) is 5.64. The van der Waals surface area contributed by atoms with Gasteiger partial charge in [0, 0.05) is 38.3 Å². The van der Waals surface area contributed by atoms with Gasteiger partial charge in [0.2, 0.25) is 0 Å². The smallest absolute Gasteiger partial charge is 0.122 e. The molecule has 0 fully saturated rings. The minimum absolute atomic E-state index is 0.137. The largest absolute Gasteiger partial charge is 0.493 e. The number of nitrogens with two attached hydrogens (primary N) is 1. The van der Waals surface area contributed by atoms with Crippen molar-refractivity contribution >= 4 is 0 Å². The average molecular weight is 272 g/mol. The quantitative estimate of drug-likeness (QED) is 0.639. The van der Waals surface area contributed by atoms with Crippen molar-refractivity contribution in [1.82, 2.24) is 15.0 Å². The third kappa shape index (κ3) is 2.55. The van der Waals surface area contributed by atoms with Crippen molar-refractivity contribution in [3.05, 3.63) is 47.5 Å². The van der Waals surface area contributed by atoms with E-state index in [2.05, 4.69) is 22.5 Å². The van der Waals surface area contributed by atoms with E-state index in [1.54, 1.807) is 0 Å². The second-order valence-corrected chi connectivity index (χ2v) is 5.18. The van der Waals surface area contributed by atoms with Crippen molar-refractivity contribution in [2.24, 2.45) is 12.9 Å². The first-order valence-corrected chi connectivity index (χ1v) is 6.96. The molecular formula is C15H20N4O. The zero-order valence-electron chi connectivity index (χ0n) is 11.7. The highest BCUT2D eigenvalue weighted by Gasteiger charge is 2.16. The molecule has 2 heterocycles. The first-order valence-electron chi connectivity index (χ1n) is 6.96. The molecule has 3 N–H and O–H groups in total. The van der Waals surface area contributed by atoms with E-state index >= 15 is 0 Å². The van der Waals surface area contributed by atoms with Crippen molar-refractivity contribution in [3.8, 4) is 5.75 Å². The van der Waals surface area contributed by atoms with Crippen molar-refractivity contribution < 1.29 is 4.74 Å². The molecule has 0 spiro atoms. The number of nitrogens with one attached hydrogen (secondary N) is 1. The Morgan fingerprint density at radius 2 is 2.40 bits per heavy atom. The molecule has 0 amide bonds. The third-order valence-electron chi connectivity index (χ3n) is 3.89. The van der Waals surface area contributed by atoms with Gasteiger partial charge in [0.1, 0.15) is 11.6 Å². The fourth-order valence-electron chi connectivity index (χ4n) is 2.68. The number of fused-ring (bicyclic) bond motifs is 1. The lowest BCUT2D eigenvalue weighted by Crippen LogP contribution is -2.28. The topological polar surface area (TPSA) is 65.1 Å². The Kier molecular flexibility index (Phi) is 3.71. The molecule has 0 saturated carbocycles. The normalized spacial score (nSPS) is 14.9. The molecule has 5 nitrogen and oxygen atoms in total. The molecule has 0 aliphatic carbocycles. The van der Waals surface area contributed by atoms with Crippen molar-refractivity contribution in [1.29, 1.82) is 0 Å². The summed E-state index contributed by atoms with van der Waals surface area (Å²) in [5, 5.41) is 0. The summed E-state index contributed by atoms with van der Waals surface area (Å²) >= 11 is 0. The fraction of sp³-hybridized carbons (Fsp3) is 0.400.